The fraction of sp³-hybridized carbons (Fsp3) is 0.0909. The predicted octanol–water partition coefficient (Wildman–Crippen LogP) is 1.99. The summed E-state index contributed by atoms with van der Waals surface area (Å²) in [5.41, 5.74) is 1.97. The van der Waals surface area contributed by atoms with Crippen LogP contribution in [0.25, 0.3) is 0 Å². The van der Waals surface area contributed by atoms with E-state index in [1.165, 1.54) is 17.6 Å². The fourth-order valence-corrected chi connectivity index (χ4v) is 2.73. The second kappa shape index (κ2) is 4.98. The molecule has 0 spiro atoms. The normalized spacial score (nSPS) is 11.2. The third-order valence-corrected chi connectivity index (χ3v) is 4.18. The standard InChI is InChI=1S/C11H10N2O4S2/c1-19(16,17)8-4-2-7(3-5-8)13-10-9(11(14)15)12-6-18-10/h2-6,13H,1H3,(H,14,15). The van der Waals surface area contributed by atoms with Gasteiger partial charge in [-0.1, -0.05) is 0 Å². The predicted molar refractivity (Wildman–Crippen MR) is 71.9 cm³/mol. The van der Waals surface area contributed by atoms with E-state index in [9.17, 15) is 13.2 Å². The van der Waals surface area contributed by atoms with Crippen molar-refractivity contribution in [1.82, 2.24) is 4.98 Å². The number of rotatable bonds is 4. The number of thiazole rings is 1. The molecule has 1 heterocycles. The molecule has 0 saturated carbocycles. The lowest BCUT2D eigenvalue weighted by atomic mass is 10.3. The zero-order chi connectivity index (χ0) is 14.0. The monoisotopic (exact) mass is 298 g/mol. The first-order valence-electron chi connectivity index (χ1n) is 5.12. The Morgan fingerprint density at radius 2 is 1.95 bits per heavy atom. The maximum atomic E-state index is 11.3. The second-order valence-corrected chi connectivity index (χ2v) is 6.63. The lowest BCUT2D eigenvalue weighted by Crippen LogP contribution is -2.01. The molecule has 0 aliphatic rings. The number of sulfone groups is 1. The highest BCUT2D eigenvalue weighted by Gasteiger charge is 2.13. The first kappa shape index (κ1) is 13.5. The molecule has 0 atom stereocenters. The molecule has 0 aliphatic carbocycles. The van der Waals surface area contributed by atoms with E-state index in [2.05, 4.69) is 10.3 Å². The molecule has 19 heavy (non-hydrogen) atoms. The minimum atomic E-state index is -3.23. The van der Waals surface area contributed by atoms with Crippen LogP contribution in [0.15, 0.2) is 34.7 Å². The van der Waals surface area contributed by atoms with E-state index in [4.69, 9.17) is 5.11 Å². The van der Waals surface area contributed by atoms with Crippen molar-refractivity contribution in [3.63, 3.8) is 0 Å². The Morgan fingerprint density at radius 3 is 2.47 bits per heavy atom. The van der Waals surface area contributed by atoms with Crippen molar-refractivity contribution in [3.05, 3.63) is 35.5 Å². The summed E-state index contributed by atoms with van der Waals surface area (Å²) in [6, 6.07) is 6.06. The van der Waals surface area contributed by atoms with Gasteiger partial charge in [0, 0.05) is 11.9 Å². The number of nitrogens with one attached hydrogen (secondary N) is 1. The van der Waals surface area contributed by atoms with Crippen LogP contribution in [-0.4, -0.2) is 30.7 Å². The summed E-state index contributed by atoms with van der Waals surface area (Å²) >= 11 is 1.16. The molecular weight excluding hydrogens is 288 g/mol. The van der Waals surface area contributed by atoms with Crippen molar-refractivity contribution in [2.75, 3.05) is 11.6 Å². The van der Waals surface area contributed by atoms with Crippen molar-refractivity contribution in [2.24, 2.45) is 0 Å². The Kier molecular flexibility index (Phi) is 3.54. The van der Waals surface area contributed by atoms with Gasteiger partial charge in [-0.3, -0.25) is 0 Å². The molecule has 100 valence electrons. The summed E-state index contributed by atoms with van der Waals surface area (Å²) in [7, 11) is -3.23. The van der Waals surface area contributed by atoms with Crippen molar-refractivity contribution in [3.8, 4) is 0 Å². The molecule has 0 bridgehead atoms. The second-order valence-electron chi connectivity index (χ2n) is 3.76. The molecule has 2 rings (SSSR count). The van der Waals surface area contributed by atoms with Crippen LogP contribution in [0.1, 0.15) is 10.5 Å². The fourth-order valence-electron chi connectivity index (χ4n) is 1.40. The number of nitrogens with zero attached hydrogens (tertiary/aromatic N) is 1. The van der Waals surface area contributed by atoms with Gasteiger partial charge in [0.2, 0.25) is 0 Å². The van der Waals surface area contributed by atoms with E-state index in [1.54, 1.807) is 12.1 Å². The minimum absolute atomic E-state index is 0.0582. The van der Waals surface area contributed by atoms with Crippen LogP contribution >= 0.6 is 11.3 Å². The largest absolute Gasteiger partial charge is 0.476 e. The van der Waals surface area contributed by atoms with Gasteiger partial charge in [0.15, 0.2) is 15.5 Å². The Labute approximate surface area is 113 Å². The summed E-state index contributed by atoms with van der Waals surface area (Å²) in [5, 5.41) is 12.2. The SMILES string of the molecule is CS(=O)(=O)c1ccc(Nc2scnc2C(=O)O)cc1. The van der Waals surface area contributed by atoms with Gasteiger partial charge in [-0.05, 0) is 24.3 Å². The van der Waals surface area contributed by atoms with Crippen LogP contribution in [0.3, 0.4) is 0 Å². The molecule has 2 N–H and O–H groups in total. The van der Waals surface area contributed by atoms with Crippen molar-refractivity contribution < 1.29 is 18.3 Å². The van der Waals surface area contributed by atoms with Gasteiger partial charge in [-0.2, -0.15) is 0 Å². The number of aromatic carboxylic acids is 1. The third kappa shape index (κ3) is 3.09. The number of carboxylic acid groups (broad SMARTS) is 1. The number of carbonyl (C=O) groups is 1. The molecule has 0 aliphatic heterocycles. The van der Waals surface area contributed by atoms with E-state index in [1.807, 2.05) is 0 Å². The summed E-state index contributed by atoms with van der Waals surface area (Å²) < 4.78 is 22.6. The Morgan fingerprint density at radius 1 is 1.32 bits per heavy atom. The number of carboxylic acids is 1. The lowest BCUT2D eigenvalue weighted by molar-refractivity contribution is 0.0692. The summed E-state index contributed by atoms with van der Waals surface area (Å²) in [4.78, 5) is 14.8. The Bertz CT molecular complexity index is 705. The minimum Gasteiger partial charge on any atom is -0.476 e. The molecule has 6 nitrogen and oxygen atoms in total. The van der Waals surface area contributed by atoms with Gasteiger partial charge in [-0.15, -0.1) is 11.3 Å². The highest BCUT2D eigenvalue weighted by Crippen LogP contribution is 2.25. The van der Waals surface area contributed by atoms with E-state index in [0.717, 1.165) is 17.6 Å². The van der Waals surface area contributed by atoms with Gasteiger partial charge in [0.1, 0.15) is 5.00 Å². The first-order chi connectivity index (χ1) is 8.88. The number of benzene rings is 1. The molecule has 1 aromatic carbocycles. The van der Waals surface area contributed by atoms with E-state index in [-0.39, 0.29) is 10.6 Å². The lowest BCUT2D eigenvalue weighted by Gasteiger charge is -2.05. The Hall–Kier alpha value is -1.93. The van der Waals surface area contributed by atoms with Crippen LogP contribution < -0.4 is 5.32 Å². The number of anilines is 2. The van der Waals surface area contributed by atoms with E-state index in [0.29, 0.717) is 10.7 Å². The number of hydrogen-bond donors (Lipinski definition) is 2. The topological polar surface area (TPSA) is 96.4 Å². The summed E-state index contributed by atoms with van der Waals surface area (Å²) in [6.45, 7) is 0. The summed E-state index contributed by atoms with van der Waals surface area (Å²) in [5.74, 6) is -1.11. The molecule has 0 radical (unpaired) electrons. The van der Waals surface area contributed by atoms with E-state index < -0.39 is 15.8 Å². The van der Waals surface area contributed by atoms with Gasteiger partial charge >= 0.3 is 5.97 Å². The quantitative estimate of drug-likeness (QED) is 0.896. The van der Waals surface area contributed by atoms with Gasteiger partial charge in [0.05, 0.1) is 10.4 Å². The van der Waals surface area contributed by atoms with Crippen LogP contribution in [0.5, 0.6) is 0 Å². The Balaban J connectivity index is 2.25. The summed E-state index contributed by atoms with van der Waals surface area (Å²) in [6.07, 6.45) is 1.13. The molecular formula is C11H10N2O4S2. The van der Waals surface area contributed by atoms with Crippen molar-refractivity contribution in [2.45, 2.75) is 4.90 Å². The molecule has 8 heteroatoms. The molecule has 0 fully saturated rings. The molecule has 2 aromatic rings. The van der Waals surface area contributed by atoms with Gasteiger partial charge in [0.25, 0.3) is 0 Å². The molecule has 1 aromatic heterocycles. The smallest absolute Gasteiger partial charge is 0.357 e. The van der Waals surface area contributed by atoms with E-state index >= 15 is 0 Å². The van der Waals surface area contributed by atoms with Crippen LogP contribution in [0, 0.1) is 0 Å². The molecule has 0 amide bonds. The van der Waals surface area contributed by atoms with Gasteiger partial charge in [-0.25, -0.2) is 18.2 Å². The van der Waals surface area contributed by atoms with Crippen LogP contribution in [0.2, 0.25) is 0 Å². The van der Waals surface area contributed by atoms with Crippen molar-refractivity contribution in [1.29, 1.82) is 0 Å². The van der Waals surface area contributed by atoms with Crippen molar-refractivity contribution >= 4 is 37.8 Å². The maximum absolute atomic E-state index is 11.3. The highest BCUT2D eigenvalue weighted by atomic mass is 32.2. The first-order valence-corrected chi connectivity index (χ1v) is 7.89. The third-order valence-electron chi connectivity index (χ3n) is 2.31. The number of aromatic nitrogens is 1. The average molecular weight is 298 g/mol. The average Bonchev–Trinajstić information content (AvgIpc) is 2.77. The highest BCUT2D eigenvalue weighted by molar-refractivity contribution is 7.90. The zero-order valence-electron chi connectivity index (χ0n) is 9.82. The molecule has 0 saturated heterocycles. The van der Waals surface area contributed by atoms with Gasteiger partial charge < -0.3 is 10.4 Å². The molecule has 0 unspecified atom stereocenters. The van der Waals surface area contributed by atoms with Crippen LogP contribution in [-0.2, 0) is 9.84 Å². The van der Waals surface area contributed by atoms with Crippen LogP contribution in [0.4, 0.5) is 10.7 Å². The number of hydrogen-bond acceptors (Lipinski definition) is 6. The zero-order valence-corrected chi connectivity index (χ0v) is 11.5. The maximum Gasteiger partial charge on any atom is 0.357 e.